The van der Waals surface area contributed by atoms with E-state index in [9.17, 15) is 13.6 Å². The fourth-order valence-corrected chi connectivity index (χ4v) is 3.61. The Balaban J connectivity index is 1.68. The number of hydrogen-bond acceptors (Lipinski definition) is 5. The number of nitrogens with zero attached hydrogens (tertiary/aromatic N) is 2. The zero-order valence-corrected chi connectivity index (χ0v) is 16.5. The molecule has 6 nitrogen and oxygen atoms in total. The number of rotatable bonds is 3. The molecular weight excluding hydrogens is 368 g/mol. The number of benzene rings is 1. The van der Waals surface area contributed by atoms with Crippen LogP contribution in [-0.2, 0) is 20.8 Å². The Morgan fingerprint density at radius 2 is 2.07 bits per heavy atom. The molecular formula is C20H27F2N3O3. The SMILES string of the molecule is CC1OC/C(C(=O)NCc2ccc(F)cc2F)=C\N(C)C[C@@H]2OCC[C@@H](C)N12. The first-order valence-corrected chi connectivity index (χ1v) is 9.49. The summed E-state index contributed by atoms with van der Waals surface area (Å²) in [6, 6.07) is 3.61. The van der Waals surface area contributed by atoms with Crippen molar-refractivity contribution in [3.8, 4) is 0 Å². The summed E-state index contributed by atoms with van der Waals surface area (Å²) in [6.45, 7) is 5.48. The fourth-order valence-electron chi connectivity index (χ4n) is 3.61. The molecule has 1 N–H and O–H groups in total. The van der Waals surface area contributed by atoms with E-state index in [1.807, 2.05) is 18.9 Å². The minimum Gasteiger partial charge on any atom is -0.376 e. The van der Waals surface area contributed by atoms with E-state index in [4.69, 9.17) is 9.47 Å². The van der Waals surface area contributed by atoms with E-state index in [1.165, 1.54) is 12.1 Å². The van der Waals surface area contributed by atoms with Crippen molar-refractivity contribution in [3.63, 3.8) is 0 Å². The summed E-state index contributed by atoms with van der Waals surface area (Å²) in [5.41, 5.74) is 0.657. The van der Waals surface area contributed by atoms with Crippen molar-refractivity contribution < 1.29 is 23.0 Å². The van der Waals surface area contributed by atoms with E-state index in [2.05, 4.69) is 17.1 Å². The van der Waals surface area contributed by atoms with Gasteiger partial charge in [0.1, 0.15) is 24.1 Å². The highest BCUT2D eigenvalue weighted by atomic mass is 19.1. The number of ether oxygens (including phenoxy) is 2. The van der Waals surface area contributed by atoms with Gasteiger partial charge in [-0.25, -0.2) is 13.7 Å². The van der Waals surface area contributed by atoms with Crippen LogP contribution in [0.3, 0.4) is 0 Å². The molecule has 1 aromatic carbocycles. The summed E-state index contributed by atoms with van der Waals surface area (Å²) in [6.07, 6.45) is 2.33. The van der Waals surface area contributed by atoms with Gasteiger partial charge in [-0.2, -0.15) is 0 Å². The number of carbonyl (C=O) groups is 1. The predicted molar refractivity (Wildman–Crippen MR) is 100.0 cm³/mol. The lowest BCUT2D eigenvalue weighted by atomic mass is 10.1. The zero-order valence-electron chi connectivity index (χ0n) is 16.5. The van der Waals surface area contributed by atoms with E-state index in [0.717, 1.165) is 12.5 Å². The number of hydrogen-bond donors (Lipinski definition) is 1. The summed E-state index contributed by atoms with van der Waals surface area (Å²) < 4.78 is 38.7. The van der Waals surface area contributed by atoms with Crippen LogP contribution in [0.15, 0.2) is 30.0 Å². The Morgan fingerprint density at radius 1 is 1.29 bits per heavy atom. The molecule has 0 aliphatic carbocycles. The van der Waals surface area contributed by atoms with Crippen LogP contribution in [-0.4, -0.2) is 61.0 Å². The van der Waals surface area contributed by atoms with Crippen molar-refractivity contribution in [1.29, 1.82) is 0 Å². The Kier molecular flexibility index (Phi) is 6.64. The maximum absolute atomic E-state index is 13.8. The van der Waals surface area contributed by atoms with Crippen LogP contribution in [0.4, 0.5) is 8.78 Å². The van der Waals surface area contributed by atoms with Gasteiger partial charge in [0.2, 0.25) is 0 Å². The van der Waals surface area contributed by atoms with Crippen LogP contribution in [0, 0.1) is 11.6 Å². The third-order valence-corrected chi connectivity index (χ3v) is 5.15. The van der Waals surface area contributed by atoms with Crippen molar-refractivity contribution in [2.45, 2.75) is 45.3 Å². The maximum Gasteiger partial charge on any atom is 0.251 e. The van der Waals surface area contributed by atoms with Crippen molar-refractivity contribution in [2.24, 2.45) is 0 Å². The summed E-state index contributed by atoms with van der Waals surface area (Å²) >= 11 is 0. The number of amides is 1. The molecule has 2 heterocycles. The van der Waals surface area contributed by atoms with E-state index in [-0.39, 0.29) is 37.1 Å². The quantitative estimate of drug-likeness (QED) is 0.851. The van der Waals surface area contributed by atoms with E-state index < -0.39 is 11.6 Å². The van der Waals surface area contributed by atoms with Gasteiger partial charge < -0.3 is 19.7 Å². The minimum absolute atomic E-state index is 0.0313. The molecule has 0 bridgehead atoms. The molecule has 8 heteroatoms. The minimum atomic E-state index is -0.686. The van der Waals surface area contributed by atoms with Crippen LogP contribution in [0.25, 0.3) is 0 Å². The third-order valence-electron chi connectivity index (χ3n) is 5.15. The highest BCUT2D eigenvalue weighted by molar-refractivity contribution is 5.93. The number of carbonyl (C=O) groups excluding carboxylic acids is 1. The molecule has 1 saturated heterocycles. The molecule has 0 radical (unpaired) electrons. The summed E-state index contributed by atoms with van der Waals surface area (Å²) in [4.78, 5) is 16.7. The van der Waals surface area contributed by atoms with Crippen molar-refractivity contribution >= 4 is 5.91 Å². The molecule has 3 rings (SSSR count). The molecule has 0 spiro atoms. The average molecular weight is 395 g/mol. The van der Waals surface area contributed by atoms with Crippen LogP contribution < -0.4 is 5.32 Å². The van der Waals surface area contributed by atoms with Gasteiger partial charge in [0.25, 0.3) is 5.91 Å². The monoisotopic (exact) mass is 395 g/mol. The van der Waals surface area contributed by atoms with Crippen LogP contribution in [0.2, 0.25) is 0 Å². The van der Waals surface area contributed by atoms with Gasteiger partial charge in [0, 0.05) is 37.5 Å². The lowest BCUT2D eigenvalue weighted by Gasteiger charge is -2.44. The van der Waals surface area contributed by atoms with E-state index in [0.29, 0.717) is 24.8 Å². The molecule has 1 unspecified atom stereocenters. The number of halogens is 2. The topological polar surface area (TPSA) is 54.0 Å². The first-order chi connectivity index (χ1) is 13.3. The second-order valence-corrected chi connectivity index (χ2v) is 7.33. The van der Waals surface area contributed by atoms with E-state index >= 15 is 0 Å². The molecule has 1 aromatic rings. The standard InChI is InChI=1S/C20H27F2N3O3/c1-13-6-7-27-19-11-24(3)10-16(12-28-14(2)25(13)19)20(26)23-9-15-4-5-17(21)8-18(15)22/h4-5,8,10,13-14,19H,6-7,9,11-12H2,1-3H3,(H,23,26)/b16-10+/t13-,14?,19+/m1/s1. The second kappa shape index (κ2) is 8.98. The van der Waals surface area contributed by atoms with Crippen LogP contribution >= 0.6 is 0 Å². The number of fused-ring (bicyclic) bond motifs is 1. The Hall–Kier alpha value is -2.03. The lowest BCUT2D eigenvalue weighted by Crippen LogP contribution is -2.55. The van der Waals surface area contributed by atoms with Gasteiger partial charge in [-0.3, -0.25) is 4.79 Å². The van der Waals surface area contributed by atoms with Crippen molar-refractivity contribution in [2.75, 3.05) is 26.8 Å². The first-order valence-electron chi connectivity index (χ1n) is 9.49. The number of nitrogens with one attached hydrogen (secondary N) is 1. The zero-order chi connectivity index (χ0) is 20.3. The highest BCUT2D eigenvalue weighted by Gasteiger charge is 2.34. The molecule has 2 aliphatic heterocycles. The molecule has 0 saturated carbocycles. The molecule has 1 amide bonds. The molecule has 3 atom stereocenters. The summed E-state index contributed by atoms with van der Waals surface area (Å²) in [7, 11) is 1.88. The van der Waals surface area contributed by atoms with Gasteiger partial charge in [0.15, 0.2) is 0 Å². The van der Waals surface area contributed by atoms with Crippen molar-refractivity contribution in [3.05, 3.63) is 47.2 Å². The highest BCUT2D eigenvalue weighted by Crippen LogP contribution is 2.23. The van der Waals surface area contributed by atoms with Gasteiger partial charge in [0.05, 0.1) is 25.3 Å². The van der Waals surface area contributed by atoms with Crippen LogP contribution in [0.5, 0.6) is 0 Å². The molecule has 28 heavy (non-hydrogen) atoms. The normalized spacial score (nSPS) is 28.4. The van der Waals surface area contributed by atoms with Gasteiger partial charge in [-0.05, 0) is 26.3 Å². The maximum atomic E-state index is 13.8. The fraction of sp³-hybridized carbons (Fsp3) is 0.550. The molecule has 2 aliphatic rings. The average Bonchev–Trinajstić information content (AvgIpc) is 2.69. The lowest BCUT2D eigenvalue weighted by molar-refractivity contribution is -0.190. The van der Waals surface area contributed by atoms with Gasteiger partial charge in [-0.1, -0.05) is 6.07 Å². The summed E-state index contributed by atoms with van der Waals surface area (Å²) in [5, 5.41) is 2.68. The Morgan fingerprint density at radius 3 is 2.82 bits per heavy atom. The smallest absolute Gasteiger partial charge is 0.251 e. The Labute approximate surface area is 164 Å². The third kappa shape index (κ3) is 4.87. The van der Waals surface area contributed by atoms with E-state index in [1.54, 1.807) is 6.20 Å². The van der Waals surface area contributed by atoms with Gasteiger partial charge >= 0.3 is 0 Å². The van der Waals surface area contributed by atoms with Crippen molar-refractivity contribution in [1.82, 2.24) is 15.1 Å². The molecule has 154 valence electrons. The molecule has 1 fully saturated rings. The molecule has 0 aromatic heterocycles. The largest absolute Gasteiger partial charge is 0.376 e. The Bertz CT molecular complexity index is 743. The van der Waals surface area contributed by atoms with Crippen LogP contribution in [0.1, 0.15) is 25.8 Å². The second-order valence-electron chi connectivity index (χ2n) is 7.33. The number of likely N-dealkylation sites (N-methyl/N-ethyl adjacent to an activating group) is 1. The summed E-state index contributed by atoms with van der Waals surface area (Å²) in [5.74, 6) is -1.69. The van der Waals surface area contributed by atoms with Gasteiger partial charge in [-0.15, -0.1) is 0 Å². The predicted octanol–water partition coefficient (Wildman–Crippen LogP) is 2.21. The first kappa shape index (κ1) is 20.7.